The molecule has 2 fully saturated rings. The van der Waals surface area contributed by atoms with Crippen LogP contribution in [-0.2, 0) is 21.3 Å². The van der Waals surface area contributed by atoms with Crippen molar-refractivity contribution in [2.45, 2.75) is 30.7 Å². The number of sulfonamides is 1. The maximum atomic E-state index is 13.3. The second-order valence-electron chi connectivity index (χ2n) is 8.24. The number of carbonyl (C=O) groups is 1. The van der Waals surface area contributed by atoms with E-state index in [1.54, 1.807) is 19.2 Å². The van der Waals surface area contributed by atoms with Crippen molar-refractivity contribution >= 4 is 21.6 Å². The smallest absolute Gasteiger partial charge is 0.253 e. The third-order valence-corrected chi connectivity index (χ3v) is 8.04. The molecule has 2 aliphatic heterocycles. The Labute approximate surface area is 195 Å². The van der Waals surface area contributed by atoms with Gasteiger partial charge in [-0.3, -0.25) is 4.79 Å². The lowest BCUT2D eigenvalue weighted by atomic mass is 10.1. The number of rotatable bonds is 7. The molecule has 0 atom stereocenters. The SMILES string of the molecule is COc1ccccc1CNC(=O)c1cc(S(=O)(=O)N2CCCCC2)ccc1N1CCOCC1. The van der Waals surface area contributed by atoms with Crippen LogP contribution in [0.25, 0.3) is 0 Å². The molecule has 0 aromatic heterocycles. The second-order valence-corrected chi connectivity index (χ2v) is 10.2. The Morgan fingerprint density at radius 2 is 1.76 bits per heavy atom. The highest BCUT2D eigenvalue weighted by Crippen LogP contribution is 2.28. The Bertz CT molecular complexity index is 1080. The normalized spacial score (nSPS) is 17.5. The predicted molar refractivity (Wildman–Crippen MR) is 126 cm³/mol. The van der Waals surface area contributed by atoms with Crippen LogP contribution >= 0.6 is 0 Å². The summed E-state index contributed by atoms with van der Waals surface area (Å²) in [6, 6.07) is 12.4. The Balaban J connectivity index is 1.63. The van der Waals surface area contributed by atoms with Crippen LogP contribution in [-0.4, -0.2) is 65.1 Å². The monoisotopic (exact) mass is 473 g/mol. The zero-order valence-corrected chi connectivity index (χ0v) is 19.8. The maximum absolute atomic E-state index is 13.3. The number of para-hydroxylation sites is 1. The number of hydrogen-bond acceptors (Lipinski definition) is 6. The first kappa shape index (κ1) is 23.5. The van der Waals surface area contributed by atoms with Gasteiger partial charge in [0.15, 0.2) is 0 Å². The quantitative estimate of drug-likeness (QED) is 0.665. The number of anilines is 1. The fourth-order valence-corrected chi connectivity index (χ4v) is 5.86. The lowest BCUT2D eigenvalue weighted by Gasteiger charge is -2.31. The Morgan fingerprint density at radius 3 is 2.48 bits per heavy atom. The molecule has 0 radical (unpaired) electrons. The first-order valence-corrected chi connectivity index (χ1v) is 12.8. The number of amides is 1. The average Bonchev–Trinajstić information content (AvgIpc) is 2.88. The van der Waals surface area contributed by atoms with Crippen molar-refractivity contribution in [1.29, 1.82) is 0 Å². The van der Waals surface area contributed by atoms with E-state index in [-0.39, 0.29) is 17.3 Å². The molecule has 178 valence electrons. The fraction of sp³-hybridized carbons (Fsp3) is 0.458. The number of nitrogens with zero attached hydrogens (tertiary/aromatic N) is 2. The summed E-state index contributed by atoms with van der Waals surface area (Å²) >= 11 is 0. The van der Waals surface area contributed by atoms with Crippen LogP contribution < -0.4 is 15.0 Å². The molecule has 0 unspecified atom stereocenters. The van der Waals surface area contributed by atoms with Crippen LogP contribution in [0.2, 0.25) is 0 Å². The van der Waals surface area contributed by atoms with E-state index in [2.05, 4.69) is 10.2 Å². The van der Waals surface area contributed by atoms with Gasteiger partial charge in [-0.05, 0) is 37.1 Å². The Kier molecular flexibility index (Phi) is 7.52. The fourth-order valence-electron chi connectivity index (χ4n) is 4.31. The first-order valence-electron chi connectivity index (χ1n) is 11.4. The topological polar surface area (TPSA) is 88.2 Å². The van der Waals surface area contributed by atoms with Gasteiger partial charge in [0.05, 0.1) is 30.8 Å². The number of carbonyl (C=O) groups excluding carboxylic acids is 1. The molecule has 0 aliphatic carbocycles. The lowest BCUT2D eigenvalue weighted by molar-refractivity contribution is 0.0949. The summed E-state index contributed by atoms with van der Waals surface area (Å²) in [6.45, 7) is 3.72. The molecule has 2 aromatic rings. The van der Waals surface area contributed by atoms with Gasteiger partial charge in [-0.2, -0.15) is 4.31 Å². The summed E-state index contributed by atoms with van der Waals surface area (Å²) in [7, 11) is -2.06. The molecule has 2 aliphatic rings. The van der Waals surface area contributed by atoms with Crippen LogP contribution in [0, 0.1) is 0 Å². The number of ether oxygens (including phenoxy) is 2. The highest BCUT2D eigenvalue weighted by atomic mass is 32.2. The zero-order chi connectivity index (χ0) is 23.3. The van der Waals surface area contributed by atoms with Gasteiger partial charge in [-0.25, -0.2) is 8.42 Å². The summed E-state index contributed by atoms with van der Waals surface area (Å²) in [5.74, 6) is 0.366. The molecule has 9 heteroatoms. The van der Waals surface area contributed by atoms with Crippen LogP contribution in [0.4, 0.5) is 5.69 Å². The standard InChI is InChI=1S/C24H31N3O5S/c1-31-23-8-4-3-7-19(23)18-25-24(28)21-17-20(33(29,30)27-11-5-2-6-12-27)9-10-22(21)26-13-15-32-16-14-26/h3-4,7-10,17H,2,5-6,11-16,18H2,1H3,(H,25,28). The third kappa shape index (κ3) is 5.31. The summed E-state index contributed by atoms with van der Waals surface area (Å²) < 4.78 is 38.9. The van der Waals surface area contributed by atoms with Gasteiger partial charge < -0.3 is 19.7 Å². The van der Waals surface area contributed by atoms with Crippen molar-refractivity contribution in [2.24, 2.45) is 0 Å². The summed E-state index contributed by atoms with van der Waals surface area (Å²) in [5, 5.41) is 2.94. The highest BCUT2D eigenvalue weighted by molar-refractivity contribution is 7.89. The Morgan fingerprint density at radius 1 is 1.03 bits per heavy atom. The van der Waals surface area contributed by atoms with E-state index in [9.17, 15) is 13.2 Å². The number of morpholine rings is 1. The Hall–Kier alpha value is -2.62. The average molecular weight is 474 g/mol. The van der Waals surface area contributed by atoms with Crippen molar-refractivity contribution in [3.8, 4) is 5.75 Å². The van der Waals surface area contributed by atoms with Crippen molar-refractivity contribution in [2.75, 3.05) is 51.4 Å². The number of benzene rings is 2. The van der Waals surface area contributed by atoms with E-state index in [4.69, 9.17) is 9.47 Å². The minimum absolute atomic E-state index is 0.156. The number of methoxy groups -OCH3 is 1. The van der Waals surface area contributed by atoms with E-state index in [1.807, 2.05) is 24.3 Å². The highest BCUT2D eigenvalue weighted by Gasteiger charge is 2.28. The van der Waals surface area contributed by atoms with Crippen molar-refractivity contribution in [1.82, 2.24) is 9.62 Å². The van der Waals surface area contributed by atoms with Gasteiger partial charge in [-0.1, -0.05) is 24.6 Å². The van der Waals surface area contributed by atoms with Gasteiger partial charge in [0.2, 0.25) is 10.0 Å². The predicted octanol–water partition coefficient (Wildman–Crippen LogP) is 2.64. The molecule has 0 bridgehead atoms. The van der Waals surface area contributed by atoms with Crippen molar-refractivity contribution < 1.29 is 22.7 Å². The molecule has 1 N–H and O–H groups in total. The van der Waals surface area contributed by atoms with Gasteiger partial charge in [0.1, 0.15) is 5.75 Å². The summed E-state index contributed by atoms with van der Waals surface area (Å²) in [4.78, 5) is 15.5. The molecule has 8 nitrogen and oxygen atoms in total. The van der Waals surface area contributed by atoms with E-state index in [1.165, 1.54) is 10.4 Å². The molecule has 1 amide bonds. The molecule has 33 heavy (non-hydrogen) atoms. The van der Waals surface area contributed by atoms with Gasteiger partial charge in [0.25, 0.3) is 5.91 Å². The molecule has 0 spiro atoms. The molecular formula is C24H31N3O5S. The molecule has 0 saturated carbocycles. The third-order valence-electron chi connectivity index (χ3n) is 6.15. The minimum Gasteiger partial charge on any atom is -0.496 e. The van der Waals surface area contributed by atoms with Crippen LogP contribution in [0.1, 0.15) is 35.2 Å². The molecule has 2 saturated heterocycles. The number of piperidine rings is 1. The molecule has 2 heterocycles. The molecule has 4 rings (SSSR count). The van der Waals surface area contributed by atoms with Crippen LogP contribution in [0.15, 0.2) is 47.4 Å². The number of hydrogen-bond donors (Lipinski definition) is 1. The first-order chi connectivity index (χ1) is 16.0. The summed E-state index contributed by atoms with van der Waals surface area (Å²) in [6.07, 6.45) is 2.76. The second kappa shape index (κ2) is 10.5. The van der Waals surface area contributed by atoms with Crippen LogP contribution in [0.5, 0.6) is 5.75 Å². The van der Waals surface area contributed by atoms with Crippen molar-refractivity contribution in [3.63, 3.8) is 0 Å². The number of nitrogens with one attached hydrogen (secondary N) is 1. The van der Waals surface area contributed by atoms with Gasteiger partial charge >= 0.3 is 0 Å². The van der Waals surface area contributed by atoms with E-state index in [0.717, 1.165) is 24.8 Å². The van der Waals surface area contributed by atoms with E-state index in [0.29, 0.717) is 56.4 Å². The van der Waals surface area contributed by atoms with Crippen LogP contribution in [0.3, 0.4) is 0 Å². The molecule has 2 aromatic carbocycles. The van der Waals surface area contributed by atoms with Crippen molar-refractivity contribution in [3.05, 3.63) is 53.6 Å². The lowest BCUT2D eigenvalue weighted by Crippen LogP contribution is -2.38. The summed E-state index contributed by atoms with van der Waals surface area (Å²) in [5.41, 5.74) is 1.91. The van der Waals surface area contributed by atoms with E-state index >= 15 is 0 Å². The van der Waals surface area contributed by atoms with Gasteiger partial charge in [-0.15, -0.1) is 0 Å². The molecular weight excluding hydrogens is 442 g/mol. The zero-order valence-electron chi connectivity index (χ0n) is 19.0. The maximum Gasteiger partial charge on any atom is 0.253 e. The van der Waals surface area contributed by atoms with E-state index < -0.39 is 10.0 Å². The minimum atomic E-state index is -3.65. The largest absolute Gasteiger partial charge is 0.496 e. The van der Waals surface area contributed by atoms with Gasteiger partial charge in [0, 0.05) is 44.0 Å².